The lowest BCUT2D eigenvalue weighted by molar-refractivity contribution is -0.117. The van der Waals surface area contributed by atoms with Crippen molar-refractivity contribution in [2.75, 3.05) is 23.9 Å². The predicted octanol–water partition coefficient (Wildman–Crippen LogP) is 4.85. The highest BCUT2D eigenvalue weighted by Crippen LogP contribution is 2.33. The van der Waals surface area contributed by atoms with Gasteiger partial charge in [-0.3, -0.25) is 4.79 Å². The molecule has 0 radical (unpaired) electrons. The zero-order valence-corrected chi connectivity index (χ0v) is 16.5. The second-order valence-corrected chi connectivity index (χ2v) is 7.28. The van der Waals surface area contributed by atoms with Crippen molar-refractivity contribution in [2.24, 2.45) is 0 Å². The fourth-order valence-corrected chi connectivity index (χ4v) is 3.83. The maximum atomic E-state index is 12.1. The van der Waals surface area contributed by atoms with E-state index in [9.17, 15) is 4.79 Å². The Morgan fingerprint density at radius 1 is 1.18 bits per heavy atom. The van der Waals surface area contributed by atoms with Crippen molar-refractivity contribution in [3.05, 3.63) is 59.8 Å². The van der Waals surface area contributed by atoms with Crippen molar-refractivity contribution < 1.29 is 9.53 Å². The van der Waals surface area contributed by atoms with Crippen LogP contribution in [0, 0.1) is 6.92 Å². The molecule has 1 atom stereocenters. The molecule has 5 nitrogen and oxygen atoms in total. The number of carbonyl (C=O) groups excluding carboxylic acids is 1. The Labute approximate surface area is 165 Å². The average Bonchev–Trinajstić information content (AvgIpc) is 3.13. The molecule has 1 unspecified atom stereocenters. The smallest absolute Gasteiger partial charge is 0.227 e. The van der Waals surface area contributed by atoms with Gasteiger partial charge in [0.1, 0.15) is 11.3 Å². The van der Waals surface area contributed by atoms with Gasteiger partial charge in [-0.25, -0.2) is 4.98 Å². The Bertz CT molecular complexity index is 1030. The largest absolute Gasteiger partial charge is 0.494 e. The summed E-state index contributed by atoms with van der Waals surface area (Å²) in [5.74, 6) is 0.979. The number of pyridine rings is 1. The normalized spacial score (nSPS) is 15.1. The summed E-state index contributed by atoms with van der Waals surface area (Å²) in [6, 6.07) is 16.3. The van der Waals surface area contributed by atoms with Gasteiger partial charge in [0, 0.05) is 41.5 Å². The quantitative estimate of drug-likeness (QED) is 0.692. The van der Waals surface area contributed by atoms with E-state index in [1.165, 1.54) is 0 Å². The van der Waals surface area contributed by atoms with E-state index in [0.717, 1.165) is 52.3 Å². The molecule has 1 saturated heterocycles. The number of benzene rings is 2. The minimum Gasteiger partial charge on any atom is -0.494 e. The molecule has 1 aromatic heterocycles. The highest BCUT2D eigenvalue weighted by atomic mass is 16.5. The molecule has 2 aromatic carbocycles. The number of carbonyl (C=O) groups is 1. The van der Waals surface area contributed by atoms with E-state index in [0.29, 0.717) is 6.42 Å². The van der Waals surface area contributed by atoms with E-state index in [4.69, 9.17) is 4.74 Å². The topological polar surface area (TPSA) is 54.5 Å². The second kappa shape index (κ2) is 7.50. The van der Waals surface area contributed by atoms with Crippen LogP contribution in [0.4, 0.5) is 11.4 Å². The van der Waals surface area contributed by atoms with Crippen molar-refractivity contribution in [3.8, 4) is 5.75 Å². The van der Waals surface area contributed by atoms with Crippen LogP contribution in [0.25, 0.3) is 10.9 Å². The third kappa shape index (κ3) is 3.40. The molecular weight excluding hydrogens is 350 g/mol. The first-order valence-corrected chi connectivity index (χ1v) is 9.68. The van der Waals surface area contributed by atoms with Gasteiger partial charge in [-0.05, 0) is 50.1 Å². The molecule has 0 bridgehead atoms. The maximum Gasteiger partial charge on any atom is 0.227 e. The van der Waals surface area contributed by atoms with Crippen LogP contribution in [0.1, 0.15) is 37.1 Å². The van der Waals surface area contributed by atoms with E-state index in [1.807, 2.05) is 36.1 Å². The van der Waals surface area contributed by atoms with E-state index >= 15 is 0 Å². The number of nitrogens with zero attached hydrogens (tertiary/aromatic N) is 2. The van der Waals surface area contributed by atoms with Crippen LogP contribution in [0.15, 0.2) is 48.5 Å². The SMILES string of the molecule is COc1cccc2c(NC(C)c3cccc(N4CCCC4=O)c3)cc(C)nc12. The number of anilines is 2. The number of amides is 1. The predicted molar refractivity (Wildman–Crippen MR) is 113 cm³/mol. The Morgan fingerprint density at radius 2 is 2.00 bits per heavy atom. The van der Waals surface area contributed by atoms with Gasteiger partial charge in [-0.2, -0.15) is 0 Å². The fourth-order valence-electron chi connectivity index (χ4n) is 3.83. The third-order valence-corrected chi connectivity index (χ3v) is 5.28. The van der Waals surface area contributed by atoms with E-state index in [1.54, 1.807) is 7.11 Å². The summed E-state index contributed by atoms with van der Waals surface area (Å²) in [5.41, 5.74) is 4.93. The van der Waals surface area contributed by atoms with Gasteiger partial charge in [0.15, 0.2) is 0 Å². The Morgan fingerprint density at radius 3 is 2.75 bits per heavy atom. The summed E-state index contributed by atoms with van der Waals surface area (Å²) in [6.45, 7) is 4.92. The molecule has 28 heavy (non-hydrogen) atoms. The van der Waals surface area contributed by atoms with Gasteiger partial charge < -0.3 is 15.0 Å². The summed E-state index contributed by atoms with van der Waals surface area (Å²) < 4.78 is 5.48. The number of aryl methyl sites for hydroxylation is 1. The first-order valence-electron chi connectivity index (χ1n) is 9.68. The third-order valence-electron chi connectivity index (χ3n) is 5.28. The zero-order chi connectivity index (χ0) is 19.7. The van der Waals surface area contributed by atoms with E-state index < -0.39 is 0 Å². The summed E-state index contributed by atoms with van der Waals surface area (Å²) in [7, 11) is 1.67. The molecule has 5 heteroatoms. The minimum atomic E-state index is 0.0776. The first-order chi connectivity index (χ1) is 13.6. The standard InChI is InChI=1S/C23H25N3O2/c1-15-13-20(19-9-5-10-21(28-3)23(19)24-15)25-16(2)17-7-4-8-18(14-17)26-12-6-11-22(26)27/h4-5,7-10,13-14,16H,6,11-12H2,1-3H3,(H,24,25). The van der Waals surface area contributed by atoms with Crippen molar-refractivity contribution >= 4 is 28.2 Å². The molecule has 144 valence electrons. The van der Waals surface area contributed by atoms with Gasteiger partial charge in [0.25, 0.3) is 0 Å². The number of hydrogen-bond acceptors (Lipinski definition) is 4. The van der Waals surface area contributed by atoms with Crippen LogP contribution in [-0.2, 0) is 4.79 Å². The Kier molecular flexibility index (Phi) is 4.90. The number of methoxy groups -OCH3 is 1. The molecule has 1 aliphatic heterocycles. The summed E-state index contributed by atoms with van der Waals surface area (Å²) in [5, 5.41) is 4.65. The molecule has 3 aromatic rings. The summed E-state index contributed by atoms with van der Waals surface area (Å²) in [6.07, 6.45) is 1.57. The van der Waals surface area contributed by atoms with Crippen molar-refractivity contribution in [3.63, 3.8) is 0 Å². The molecule has 1 fully saturated rings. The molecule has 0 aliphatic carbocycles. The van der Waals surface area contributed by atoms with Crippen LogP contribution >= 0.6 is 0 Å². The number of nitrogens with one attached hydrogen (secondary N) is 1. The van der Waals surface area contributed by atoms with Crippen LogP contribution in [0.5, 0.6) is 5.75 Å². The van der Waals surface area contributed by atoms with E-state index in [-0.39, 0.29) is 11.9 Å². The lowest BCUT2D eigenvalue weighted by Crippen LogP contribution is -2.23. The fraction of sp³-hybridized carbons (Fsp3) is 0.304. The molecule has 1 amide bonds. The van der Waals surface area contributed by atoms with Gasteiger partial charge in [-0.1, -0.05) is 24.3 Å². The first kappa shape index (κ1) is 18.3. The molecule has 1 aliphatic rings. The maximum absolute atomic E-state index is 12.1. The number of para-hydroxylation sites is 1. The molecule has 2 heterocycles. The summed E-state index contributed by atoms with van der Waals surface area (Å²) in [4.78, 5) is 18.6. The van der Waals surface area contributed by atoms with Crippen molar-refractivity contribution in [2.45, 2.75) is 32.7 Å². The van der Waals surface area contributed by atoms with Crippen LogP contribution in [0.3, 0.4) is 0 Å². The lowest BCUT2D eigenvalue weighted by Gasteiger charge is -2.21. The number of aromatic nitrogens is 1. The van der Waals surface area contributed by atoms with Crippen molar-refractivity contribution in [1.29, 1.82) is 0 Å². The average molecular weight is 375 g/mol. The molecule has 1 N–H and O–H groups in total. The lowest BCUT2D eigenvalue weighted by atomic mass is 10.1. The van der Waals surface area contributed by atoms with Crippen molar-refractivity contribution in [1.82, 2.24) is 4.98 Å². The number of hydrogen-bond donors (Lipinski definition) is 1. The van der Waals surface area contributed by atoms with Gasteiger partial charge in [0.2, 0.25) is 5.91 Å². The molecule has 4 rings (SSSR count). The van der Waals surface area contributed by atoms with E-state index in [2.05, 4.69) is 41.5 Å². The number of ether oxygens (including phenoxy) is 1. The number of rotatable bonds is 5. The highest BCUT2D eigenvalue weighted by Gasteiger charge is 2.22. The van der Waals surface area contributed by atoms with Crippen LogP contribution in [-0.4, -0.2) is 24.5 Å². The van der Waals surface area contributed by atoms with Crippen LogP contribution in [0.2, 0.25) is 0 Å². The Hall–Kier alpha value is -3.08. The second-order valence-electron chi connectivity index (χ2n) is 7.28. The van der Waals surface area contributed by atoms with Crippen LogP contribution < -0.4 is 15.0 Å². The Balaban J connectivity index is 1.66. The van der Waals surface area contributed by atoms with Gasteiger partial charge in [-0.15, -0.1) is 0 Å². The van der Waals surface area contributed by atoms with Gasteiger partial charge >= 0.3 is 0 Å². The molecule has 0 saturated carbocycles. The minimum absolute atomic E-state index is 0.0776. The number of fused-ring (bicyclic) bond motifs is 1. The molecular formula is C23H25N3O2. The molecule has 0 spiro atoms. The summed E-state index contributed by atoms with van der Waals surface area (Å²) >= 11 is 0. The monoisotopic (exact) mass is 375 g/mol. The highest BCUT2D eigenvalue weighted by molar-refractivity contribution is 5.96. The zero-order valence-electron chi connectivity index (χ0n) is 16.5. The van der Waals surface area contributed by atoms with Gasteiger partial charge in [0.05, 0.1) is 7.11 Å².